The van der Waals surface area contributed by atoms with Crippen LogP contribution in [0.4, 0.5) is 0 Å². The van der Waals surface area contributed by atoms with Gasteiger partial charge in [0.15, 0.2) is 0 Å². The fourth-order valence-corrected chi connectivity index (χ4v) is 3.76. The maximum absolute atomic E-state index is 11.8. The van der Waals surface area contributed by atoms with E-state index in [1.807, 2.05) is 37.3 Å². The molecule has 0 aliphatic carbocycles. The summed E-state index contributed by atoms with van der Waals surface area (Å²) in [7, 11) is 0. The second kappa shape index (κ2) is 8.86. The van der Waals surface area contributed by atoms with Gasteiger partial charge < -0.3 is 10.2 Å². The van der Waals surface area contributed by atoms with Gasteiger partial charge in [-0.1, -0.05) is 54.6 Å². The fraction of sp³-hybridized carbons (Fsp3) is 0.0741. The Morgan fingerprint density at radius 2 is 1.28 bits per heavy atom. The van der Waals surface area contributed by atoms with Gasteiger partial charge in [0.1, 0.15) is 0 Å². The van der Waals surface area contributed by atoms with Gasteiger partial charge in [0, 0.05) is 18.3 Å². The third kappa shape index (κ3) is 4.42. The zero-order valence-electron chi connectivity index (χ0n) is 17.4. The lowest BCUT2D eigenvalue weighted by Crippen LogP contribution is -2.02. The van der Waals surface area contributed by atoms with Gasteiger partial charge in [0.2, 0.25) is 0 Å². The number of carbonyl (C=O) groups is 2. The molecule has 0 atom stereocenters. The molecule has 3 aromatic carbocycles. The van der Waals surface area contributed by atoms with Crippen LogP contribution in [-0.4, -0.2) is 27.1 Å². The average Bonchev–Trinajstić information content (AvgIpc) is 2.80. The Hall–Kier alpha value is -4.25. The lowest BCUT2D eigenvalue weighted by atomic mass is 9.91. The molecule has 0 fully saturated rings. The number of hydrogen-bond donors (Lipinski definition) is 2. The van der Waals surface area contributed by atoms with Crippen LogP contribution in [0.1, 0.15) is 37.5 Å². The van der Waals surface area contributed by atoms with Crippen LogP contribution in [0.2, 0.25) is 0 Å². The van der Waals surface area contributed by atoms with Crippen molar-refractivity contribution in [3.63, 3.8) is 0 Å². The Kier molecular flexibility index (Phi) is 5.81. The predicted octanol–water partition coefficient (Wildman–Crippen LogP) is 5.71. The van der Waals surface area contributed by atoms with E-state index in [1.165, 1.54) is 0 Å². The second-order valence-corrected chi connectivity index (χ2v) is 7.62. The Labute approximate surface area is 185 Å². The van der Waals surface area contributed by atoms with Crippen molar-refractivity contribution in [1.29, 1.82) is 0 Å². The van der Waals surface area contributed by atoms with Crippen LogP contribution < -0.4 is 0 Å². The molecule has 1 heterocycles. The molecule has 5 nitrogen and oxygen atoms in total. The molecular formula is C27H21NO4. The minimum Gasteiger partial charge on any atom is -0.478 e. The van der Waals surface area contributed by atoms with Crippen molar-refractivity contribution in [3.8, 4) is 22.3 Å². The quantitative estimate of drug-likeness (QED) is 0.415. The number of aromatic nitrogens is 1. The van der Waals surface area contributed by atoms with Crippen molar-refractivity contribution in [1.82, 2.24) is 4.98 Å². The summed E-state index contributed by atoms with van der Waals surface area (Å²) in [6.07, 6.45) is 2.34. The molecule has 4 rings (SSSR count). The molecule has 1 aromatic heterocycles. The average molecular weight is 423 g/mol. The van der Waals surface area contributed by atoms with Crippen LogP contribution in [0.5, 0.6) is 0 Å². The predicted molar refractivity (Wildman–Crippen MR) is 123 cm³/mol. The van der Waals surface area contributed by atoms with E-state index in [-0.39, 0.29) is 11.1 Å². The van der Waals surface area contributed by atoms with E-state index < -0.39 is 11.9 Å². The van der Waals surface area contributed by atoms with Gasteiger partial charge in [-0.25, -0.2) is 9.59 Å². The van der Waals surface area contributed by atoms with E-state index in [0.717, 1.165) is 16.8 Å². The summed E-state index contributed by atoms with van der Waals surface area (Å²) >= 11 is 0. The maximum atomic E-state index is 11.8. The zero-order chi connectivity index (χ0) is 22.7. The number of hydrogen-bond acceptors (Lipinski definition) is 3. The maximum Gasteiger partial charge on any atom is 0.336 e. The molecule has 0 unspecified atom stereocenters. The largest absolute Gasteiger partial charge is 0.478 e. The molecule has 4 aromatic rings. The van der Waals surface area contributed by atoms with Crippen molar-refractivity contribution in [2.45, 2.75) is 13.3 Å². The first-order valence-corrected chi connectivity index (χ1v) is 10.1. The Bertz CT molecular complexity index is 1230. The van der Waals surface area contributed by atoms with Crippen molar-refractivity contribution < 1.29 is 19.8 Å². The third-order valence-electron chi connectivity index (χ3n) is 5.29. The molecule has 5 heteroatoms. The van der Waals surface area contributed by atoms with Crippen molar-refractivity contribution in [2.24, 2.45) is 0 Å². The highest BCUT2D eigenvalue weighted by Gasteiger charge is 2.16. The van der Waals surface area contributed by atoms with Gasteiger partial charge in [-0.2, -0.15) is 0 Å². The van der Waals surface area contributed by atoms with E-state index in [4.69, 9.17) is 0 Å². The molecule has 32 heavy (non-hydrogen) atoms. The fourth-order valence-electron chi connectivity index (χ4n) is 3.76. The summed E-state index contributed by atoms with van der Waals surface area (Å²) in [6.45, 7) is 1.97. The van der Waals surface area contributed by atoms with Crippen LogP contribution in [-0.2, 0) is 6.42 Å². The van der Waals surface area contributed by atoms with E-state index in [1.54, 1.807) is 54.7 Å². The smallest absolute Gasteiger partial charge is 0.336 e. The SMILES string of the molecule is Cc1ccc(Cc2cc(-c3ccccc3C(=O)O)cc(-c3ccccc3C(=O)O)c2)nc1. The number of nitrogens with zero attached hydrogens (tertiary/aromatic N) is 1. The molecule has 0 saturated carbocycles. The third-order valence-corrected chi connectivity index (χ3v) is 5.29. The van der Waals surface area contributed by atoms with Gasteiger partial charge in [-0.15, -0.1) is 0 Å². The number of aryl methyl sites for hydroxylation is 1. The molecular weight excluding hydrogens is 402 g/mol. The van der Waals surface area contributed by atoms with Gasteiger partial charge in [-0.3, -0.25) is 4.98 Å². The second-order valence-electron chi connectivity index (χ2n) is 7.62. The molecule has 0 aliphatic heterocycles. The molecule has 0 bridgehead atoms. The molecule has 0 radical (unpaired) electrons. The highest BCUT2D eigenvalue weighted by Crippen LogP contribution is 2.32. The molecule has 158 valence electrons. The zero-order valence-corrected chi connectivity index (χ0v) is 17.4. The summed E-state index contributed by atoms with van der Waals surface area (Å²) in [6, 6.07) is 23.3. The highest BCUT2D eigenvalue weighted by molar-refractivity contribution is 5.98. The first kappa shape index (κ1) is 21.0. The Morgan fingerprint density at radius 3 is 1.75 bits per heavy atom. The normalized spacial score (nSPS) is 10.7. The summed E-state index contributed by atoms with van der Waals surface area (Å²) in [5.74, 6) is -2.03. The van der Waals surface area contributed by atoms with Crippen molar-refractivity contribution >= 4 is 11.9 Å². The van der Waals surface area contributed by atoms with E-state index in [9.17, 15) is 19.8 Å². The first-order chi connectivity index (χ1) is 15.4. The van der Waals surface area contributed by atoms with Crippen molar-refractivity contribution in [3.05, 3.63) is 113 Å². The lowest BCUT2D eigenvalue weighted by Gasteiger charge is -2.14. The van der Waals surface area contributed by atoms with E-state index >= 15 is 0 Å². The number of aromatic carboxylic acids is 2. The van der Waals surface area contributed by atoms with Crippen LogP contribution in [0, 0.1) is 6.92 Å². The van der Waals surface area contributed by atoms with Gasteiger partial charge in [0.25, 0.3) is 0 Å². The minimum absolute atomic E-state index is 0.190. The number of carboxylic acids is 2. The summed E-state index contributed by atoms with van der Waals surface area (Å²) in [5, 5.41) is 19.3. The molecule has 0 saturated heterocycles. The Morgan fingerprint density at radius 1 is 0.750 bits per heavy atom. The number of pyridine rings is 1. The number of benzene rings is 3. The van der Waals surface area contributed by atoms with Crippen molar-refractivity contribution in [2.75, 3.05) is 0 Å². The lowest BCUT2D eigenvalue weighted by molar-refractivity contribution is 0.0687. The number of rotatable bonds is 6. The highest BCUT2D eigenvalue weighted by atomic mass is 16.4. The molecule has 0 amide bonds. The molecule has 2 N–H and O–H groups in total. The summed E-state index contributed by atoms with van der Waals surface area (Å²) in [4.78, 5) is 28.1. The first-order valence-electron chi connectivity index (χ1n) is 10.1. The molecule has 0 spiro atoms. The Balaban J connectivity index is 1.91. The van der Waals surface area contributed by atoms with E-state index in [2.05, 4.69) is 4.98 Å². The van der Waals surface area contributed by atoms with Gasteiger partial charge >= 0.3 is 11.9 Å². The standard InChI is InChI=1S/C27H21NO4/c1-17-10-11-21(28-16-17)14-18-12-19(22-6-2-4-8-24(22)26(29)30)15-20(13-18)23-7-3-5-9-25(23)27(31)32/h2-13,15-16H,14H2,1H3,(H,29,30)(H,31,32). The summed E-state index contributed by atoms with van der Waals surface area (Å²) < 4.78 is 0. The van der Waals surface area contributed by atoms with E-state index in [0.29, 0.717) is 28.7 Å². The van der Waals surface area contributed by atoms with Crippen LogP contribution in [0.3, 0.4) is 0 Å². The monoisotopic (exact) mass is 423 g/mol. The van der Waals surface area contributed by atoms with Crippen LogP contribution in [0.25, 0.3) is 22.3 Å². The van der Waals surface area contributed by atoms with Gasteiger partial charge in [-0.05, 0) is 64.6 Å². The molecule has 0 aliphatic rings. The van der Waals surface area contributed by atoms with Crippen LogP contribution >= 0.6 is 0 Å². The van der Waals surface area contributed by atoms with Gasteiger partial charge in [0.05, 0.1) is 11.1 Å². The minimum atomic E-state index is -1.02. The number of carboxylic acid groups (broad SMARTS) is 2. The topological polar surface area (TPSA) is 87.5 Å². The van der Waals surface area contributed by atoms with Crippen LogP contribution in [0.15, 0.2) is 85.1 Å². The summed E-state index contributed by atoms with van der Waals surface area (Å²) in [5.41, 5.74) is 5.80.